The van der Waals surface area contributed by atoms with Crippen LogP contribution >= 0.6 is 27.4 Å². The van der Waals surface area contributed by atoms with Crippen LogP contribution in [-0.2, 0) is 55.7 Å². The molecule has 4 amide bonds. The number of carbonyl (C=O) groups is 4. The first kappa shape index (κ1) is 108. The number of rotatable bonds is 24. The fourth-order valence-electron chi connectivity index (χ4n) is 15.4. The number of aryl methyl sites for hydroxylation is 5. The van der Waals surface area contributed by atoms with Gasteiger partial charge in [0.2, 0.25) is 0 Å². The van der Waals surface area contributed by atoms with E-state index in [4.69, 9.17) is 32.9 Å². The predicted molar refractivity (Wildman–Crippen MR) is 533 cm³/mol. The number of ether oxygens (including phenoxy) is 2. The van der Waals surface area contributed by atoms with E-state index in [-0.39, 0.29) is 95.5 Å². The van der Waals surface area contributed by atoms with Crippen LogP contribution in [0.4, 0.5) is 0 Å². The van der Waals surface area contributed by atoms with Crippen LogP contribution in [0.3, 0.4) is 0 Å². The van der Waals surface area contributed by atoms with Crippen LogP contribution in [-0.4, -0.2) is 103 Å². The molecule has 2 aliphatic rings. The number of allylic oxidation sites excluding steroid dienone is 1. The SMILES string of the molecule is C=CCc1ccc(C(=O)NN(C(=O)c2cc(C)cc(C)c2)[C@H](CCC)C(C)(C)C)c(C)c1OC.CC1(C)OBOC1(C)C.CCC[C@@H](N(NC(=O)c1ccc(CCCB2OC(C)(C)C(C)(C)O2)c(OC)c1C)C(=O)c1cc(C)cc(C)c1)C(C)(C)C.O=[C-]Cl.[Rh].c1ccc(P(c2ccccc2)c2ccccc2)cc1.c1ccc(P(c2ccccc2)c2ccccc2)cc1. The van der Waals surface area contributed by atoms with Crippen molar-refractivity contribution in [1.29, 1.82) is 0 Å². The number of methoxy groups -OCH3 is 2. The summed E-state index contributed by atoms with van der Waals surface area (Å²) in [4.78, 5) is 63.7. The molecule has 2 saturated heterocycles. The molecule has 15 nitrogen and oxygen atoms in total. The largest absolute Gasteiger partial charge is 0.525 e. The maximum atomic E-state index is 14.0. The molecule has 10 aromatic rings. The summed E-state index contributed by atoms with van der Waals surface area (Å²) >= 11 is 4.19. The quantitative estimate of drug-likeness (QED) is 0.0147. The second kappa shape index (κ2) is 50.3. The molecule has 683 valence electrons. The number of amides is 4. The van der Waals surface area contributed by atoms with Crippen LogP contribution in [0.5, 0.6) is 11.5 Å². The number of benzene rings is 10. The molecule has 0 aliphatic carbocycles. The van der Waals surface area contributed by atoms with E-state index in [2.05, 4.69) is 294 Å². The second-order valence-corrected chi connectivity index (χ2v) is 41.0. The van der Waals surface area contributed by atoms with Crippen LogP contribution in [0.1, 0.15) is 229 Å². The molecule has 10 aromatic carbocycles. The van der Waals surface area contributed by atoms with Crippen molar-refractivity contribution < 1.29 is 71.5 Å². The minimum Gasteiger partial charge on any atom is -0.525 e. The maximum absolute atomic E-state index is 14.0. The van der Waals surface area contributed by atoms with Crippen molar-refractivity contribution in [2.45, 2.75) is 238 Å². The third-order valence-electron chi connectivity index (χ3n) is 23.4. The molecule has 2 atom stereocenters. The first-order valence-electron chi connectivity index (χ1n) is 44.0. The monoisotopic (exact) mass is 1870 g/mol. The van der Waals surface area contributed by atoms with Gasteiger partial charge in [0.25, 0.3) is 23.6 Å². The molecule has 0 unspecified atom stereocenters. The average molecular weight is 1880 g/mol. The zero-order valence-corrected chi connectivity index (χ0v) is 84.1. The summed E-state index contributed by atoms with van der Waals surface area (Å²) in [5.74, 6) is 1.25. The van der Waals surface area contributed by atoms with Gasteiger partial charge in [-0.25, -0.2) is 10.0 Å². The standard InChI is InChI=1S/C35H53BN2O5.C29H40N2O3.2C18H15P.C6H13BO2.CClO.Rh/c1-13-15-29(33(5,6)7)38(32(40)27-21-23(2)20-24(3)22-27)37-31(39)28-18-17-26(30(41-12)25(28)4)16-14-19-36-42-34(8,9)35(10,11)43-36;1-10-12-22-14-15-24(21(5)26(22)34-9)27(32)30-31(25(13-11-2)29(6,7)8)28(33)23-17-19(3)16-20(4)18-23;2*1-4-10-16(11-5-1)19(17-12-6-2-7-13-17)18-14-8-3-9-15-18;1-5(2)6(3,4)9-7-8-5;2-1-3;/h17-18,20-22,29H,13-16,19H2,1-12H3,(H,37,39);10,14-18,25H,1,11-13H2,2-9H3,(H,30,32);2*1-15H;7H,1-4H3;;/q;;;;;-1;/t29-;25-;;;;;/m11...../s1. The smallest absolute Gasteiger partial charge is 0.457 e. The van der Waals surface area contributed by atoms with Gasteiger partial charge in [-0.2, -0.15) is 5.75 Å². The molecular weight excluding hydrogens is 1740 g/mol. The van der Waals surface area contributed by atoms with Crippen molar-refractivity contribution in [2.24, 2.45) is 10.8 Å². The van der Waals surface area contributed by atoms with Gasteiger partial charge < -0.3 is 44.5 Å². The van der Waals surface area contributed by atoms with Crippen molar-refractivity contribution in [1.82, 2.24) is 20.9 Å². The zero-order chi connectivity index (χ0) is 93.6. The van der Waals surface area contributed by atoms with Gasteiger partial charge in [-0.3, -0.25) is 30.0 Å². The Morgan fingerprint density at radius 3 is 1.01 bits per heavy atom. The van der Waals surface area contributed by atoms with Crippen LogP contribution in [0.25, 0.3) is 0 Å². The van der Waals surface area contributed by atoms with Gasteiger partial charge in [-0.1, -0.05) is 309 Å². The van der Waals surface area contributed by atoms with Crippen molar-refractivity contribution in [3.8, 4) is 11.5 Å². The van der Waals surface area contributed by atoms with E-state index in [1.54, 1.807) is 36.4 Å². The molecule has 21 heteroatoms. The van der Waals surface area contributed by atoms with Gasteiger partial charge in [0, 0.05) is 52.9 Å². The number of hydrazine groups is 2. The minimum absolute atomic E-state index is 0. The van der Waals surface area contributed by atoms with E-state index >= 15 is 0 Å². The first-order valence-corrected chi connectivity index (χ1v) is 47.1. The molecule has 2 aliphatic heterocycles. The van der Waals surface area contributed by atoms with Crippen molar-refractivity contribution in [3.05, 3.63) is 322 Å². The van der Waals surface area contributed by atoms with Gasteiger partial charge in [0.15, 0.2) is 0 Å². The second-order valence-electron chi connectivity index (χ2n) is 36.4. The number of halogens is 1. The van der Waals surface area contributed by atoms with E-state index in [1.165, 1.54) is 31.8 Å². The summed E-state index contributed by atoms with van der Waals surface area (Å²) in [6.07, 6.45) is 8.10. The Hall–Kier alpha value is -9.17. The Balaban J connectivity index is 0.000000262. The van der Waals surface area contributed by atoms with Gasteiger partial charge in [0.05, 0.1) is 48.7 Å². The summed E-state index contributed by atoms with van der Waals surface area (Å²) < 4.78 is 34.4. The van der Waals surface area contributed by atoms with Gasteiger partial charge >= 0.3 is 14.8 Å². The average Bonchev–Trinajstić information content (AvgIpc) is 1.58. The first-order chi connectivity index (χ1) is 60.1. The predicted octanol–water partition coefficient (Wildman–Crippen LogP) is 22.0. The van der Waals surface area contributed by atoms with E-state index in [1.807, 2.05) is 124 Å². The van der Waals surface area contributed by atoms with Gasteiger partial charge in [-0.15, -0.1) is 6.58 Å². The van der Waals surface area contributed by atoms with E-state index in [0.29, 0.717) is 47.9 Å². The number of nitrogens with one attached hydrogen (secondary N) is 2. The fraction of sp³-hybridized carbons (Fsp3) is 0.374. The number of hydrogen-bond donors (Lipinski definition) is 2. The van der Waals surface area contributed by atoms with Crippen molar-refractivity contribution >= 4 is 103 Å². The van der Waals surface area contributed by atoms with E-state index in [9.17, 15) is 19.2 Å². The van der Waals surface area contributed by atoms with Crippen LogP contribution in [0.15, 0.2) is 255 Å². The molecule has 2 fully saturated rings. The molecule has 128 heavy (non-hydrogen) atoms. The molecule has 2 heterocycles. The van der Waals surface area contributed by atoms with Crippen LogP contribution in [0, 0.1) is 52.4 Å². The summed E-state index contributed by atoms with van der Waals surface area (Å²) in [6.45, 7) is 48.7. The number of carbonyl (C=O) groups excluding carboxylic acids is 5. The van der Waals surface area contributed by atoms with Crippen molar-refractivity contribution in [2.75, 3.05) is 14.2 Å². The van der Waals surface area contributed by atoms with E-state index in [0.717, 1.165) is 95.1 Å². The van der Waals surface area contributed by atoms with Crippen LogP contribution in [0.2, 0.25) is 6.32 Å². The molecule has 12 rings (SSSR count). The molecular formula is C107H136B2ClN4O11P2Rh-. The minimum atomic E-state index is -0.446. The zero-order valence-electron chi connectivity index (χ0n) is 80.0. The fourth-order valence-corrected chi connectivity index (χ4v) is 20.1. The Morgan fingerprint density at radius 2 is 0.758 bits per heavy atom. The normalized spacial score (nSPS) is 14.1. The number of nitrogens with zero attached hydrogens (tertiary/aromatic N) is 2. The van der Waals surface area contributed by atoms with Gasteiger partial charge in [-0.05, 0) is 235 Å². The van der Waals surface area contributed by atoms with Crippen LogP contribution < -0.4 is 52.2 Å². The maximum Gasteiger partial charge on any atom is 0.457 e. The summed E-state index contributed by atoms with van der Waals surface area (Å²) in [5.41, 5.74) is 14.1. The molecule has 2 N–H and O–H groups in total. The molecule has 0 spiro atoms. The molecule has 1 radical (unpaired) electrons. The number of hydrogen-bond acceptors (Lipinski definition) is 11. The summed E-state index contributed by atoms with van der Waals surface area (Å²) in [5, 5.41) is 11.5. The molecule has 0 bridgehead atoms. The molecule has 0 aromatic heterocycles. The topological polar surface area (TPSA) is 171 Å². The Labute approximate surface area is 787 Å². The summed E-state index contributed by atoms with van der Waals surface area (Å²) in [7, 11) is 2.52. The van der Waals surface area contributed by atoms with Gasteiger partial charge in [0.1, 0.15) is 11.5 Å². The summed E-state index contributed by atoms with van der Waals surface area (Å²) in [6, 6.07) is 83.3. The van der Waals surface area contributed by atoms with Crippen molar-refractivity contribution in [3.63, 3.8) is 0 Å². The Bertz CT molecular complexity index is 4800. The third-order valence-corrected chi connectivity index (χ3v) is 28.3. The molecule has 0 saturated carbocycles. The Morgan fingerprint density at radius 1 is 0.477 bits per heavy atom. The third kappa shape index (κ3) is 30.2. The van der Waals surface area contributed by atoms with E-state index < -0.39 is 15.8 Å². The Kier molecular flexibility index (Phi) is 42.3.